The summed E-state index contributed by atoms with van der Waals surface area (Å²) in [5.41, 5.74) is 4.66. The molecule has 8 nitrogen and oxygen atoms in total. The van der Waals surface area contributed by atoms with Gasteiger partial charge < -0.3 is 25.2 Å². The minimum Gasteiger partial charge on any atom is -0.481 e. The molecule has 2 atom stereocenters. The number of benzene rings is 2. The highest BCUT2D eigenvalue weighted by Crippen LogP contribution is 2.44. The predicted octanol–water partition coefficient (Wildman–Crippen LogP) is 3.69. The number of hydrogen-bond acceptors (Lipinski definition) is 5. The molecular formula is C27H32N2O6. The summed E-state index contributed by atoms with van der Waals surface area (Å²) in [5.74, 6) is -1.39. The fourth-order valence-corrected chi connectivity index (χ4v) is 5.05. The van der Waals surface area contributed by atoms with E-state index in [-0.39, 0.29) is 50.0 Å². The molecule has 2 unspecified atom stereocenters. The lowest BCUT2D eigenvalue weighted by Crippen LogP contribution is -2.49. The van der Waals surface area contributed by atoms with E-state index >= 15 is 0 Å². The molecule has 2 aromatic carbocycles. The van der Waals surface area contributed by atoms with Crippen LogP contribution in [0.5, 0.6) is 0 Å². The summed E-state index contributed by atoms with van der Waals surface area (Å²) < 4.78 is 10.9. The normalized spacial score (nSPS) is 18.9. The van der Waals surface area contributed by atoms with E-state index in [4.69, 9.17) is 14.6 Å². The largest absolute Gasteiger partial charge is 0.481 e. The van der Waals surface area contributed by atoms with Crippen molar-refractivity contribution in [3.63, 3.8) is 0 Å². The number of carboxylic acids is 1. The van der Waals surface area contributed by atoms with Crippen molar-refractivity contribution in [2.45, 2.75) is 44.1 Å². The molecule has 0 radical (unpaired) electrons. The lowest BCUT2D eigenvalue weighted by atomic mass is 9.84. The summed E-state index contributed by atoms with van der Waals surface area (Å²) in [5, 5.41) is 14.4. The maximum absolute atomic E-state index is 12.7. The van der Waals surface area contributed by atoms with E-state index in [0.29, 0.717) is 13.0 Å². The van der Waals surface area contributed by atoms with E-state index in [1.165, 1.54) is 11.1 Å². The molecule has 3 N–H and O–H groups in total. The number of nitrogens with one attached hydrogen (secondary N) is 2. The molecule has 2 aliphatic rings. The maximum atomic E-state index is 12.7. The van der Waals surface area contributed by atoms with E-state index in [1.54, 1.807) is 0 Å². The number of rotatable bonds is 10. The van der Waals surface area contributed by atoms with Crippen molar-refractivity contribution < 1.29 is 29.0 Å². The Morgan fingerprint density at radius 2 is 1.57 bits per heavy atom. The minimum atomic E-state index is -0.918. The number of fused-ring (bicyclic) bond motifs is 3. The summed E-state index contributed by atoms with van der Waals surface area (Å²) >= 11 is 0. The zero-order valence-corrected chi connectivity index (χ0v) is 19.7. The van der Waals surface area contributed by atoms with E-state index in [2.05, 4.69) is 34.9 Å². The van der Waals surface area contributed by atoms with Crippen molar-refractivity contribution in [1.29, 1.82) is 0 Å². The van der Waals surface area contributed by atoms with Crippen molar-refractivity contribution in [1.82, 2.24) is 10.6 Å². The highest BCUT2D eigenvalue weighted by Gasteiger charge is 2.33. The number of carboxylic acid groups (broad SMARTS) is 1. The van der Waals surface area contributed by atoms with Crippen molar-refractivity contribution in [2.24, 2.45) is 5.92 Å². The minimum absolute atomic E-state index is 0.0141. The Morgan fingerprint density at radius 1 is 0.914 bits per heavy atom. The van der Waals surface area contributed by atoms with Crippen LogP contribution in [0.25, 0.3) is 11.1 Å². The van der Waals surface area contributed by atoms with Crippen molar-refractivity contribution >= 4 is 18.0 Å². The van der Waals surface area contributed by atoms with Crippen LogP contribution >= 0.6 is 0 Å². The lowest BCUT2D eigenvalue weighted by Gasteiger charge is -2.31. The molecular weight excluding hydrogens is 448 g/mol. The summed E-state index contributed by atoms with van der Waals surface area (Å²) in [7, 11) is 0. The SMILES string of the molecule is O=C(O)CCOCCNC(=O)C1CCCCC1NC(=O)OCC1c2ccccc2-c2ccccc21. The highest BCUT2D eigenvalue weighted by atomic mass is 16.5. The first kappa shape index (κ1) is 24.7. The maximum Gasteiger partial charge on any atom is 0.407 e. The number of aliphatic carboxylic acids is 1. The second kappa shape index (κ2) is 11.8. The van der Waals surface area contributed by atoms with Crippen LogP contribution in [-0.2, 0) is 19.1 Å². The van der Waals surface area contributed by atoms with Crippen LogP contribution in [0.2, 0.25) is 0 Å². The molecule has 4 rings (SSSR count). The Hall–Kier alpha value is -3.39. The lowest BCUT2D eigenvalue weighted by molar-refractivity contribution is -0.138. The van der Waals surface area contributed by atoms with E-state index in [9.17, 15) is 14.4 Å². The second-order valence-electron chi connectivity index (χ2n) is 9.01. The van der Waals surface area contributed by atoms with Gasteiger partial charge in [-0.2, -0.15) is 0 Å². The molecule has 2 aliphatic carbocycles. The summed E-state index contributed by atoms with van der Waals surface area (Å²) in [6.45, 7) is 0.889. The van der Waals surface area contributed by atoms with Gasteiger partial charge in [0.2, 0.25) is 5.91 Å². The van der Waals surface area contributed by atoms with Crippen molar-refractivity contribution in [3.05, 3.63) is 59.7 Å². The Morgan fingerprint density at radius 3 is 2.26 bits per heavy atom. The average molecular weight is 481 g/mol. The third-order valence-corrected chi connectivity index (χ3v) is 6.76. The second-order valence-corrected chi connectivity index (χ2v) is 9.01. The molecule has 8 heteroatoms. The zero-order valence-electron chi connectivity index (χ0n) is 19.7. The van der Waals surface area contributed by atoms with Gasteiger partial charge in [0.15, 0.2) is 0 Å². The molecule has 2 amide bonds. The number of alkyl carbamates (subject to hydrolysis) is 1. The fraction of sp³-hybridized carbons (Fsp3) is 0.444. The summed E-state index contributed by atoms with van der Waals surface area (Å²) in [6, 6.07) is 16.1. The molecule has 0 spiro atoms. The zero-order chi connectivity index (χ0) is 24.6. The van der Waals surface area contributed by atoms with Crippen molar-refractivity contribution in [3.8, 4) is 11.1 Å². The van der Waals surface area contributed by atoms with Crippen LogP contribution in [-0.4, -0.2) is 55.5 Å². The average Bonchev–Trinajstić information content (AvgIpc) is 3.18. The Kier molecular flexibility index (Phi) is 8.36. The van der Waals surface area contributed by atoms with E-state index in [1.807, 2.05) is 24.3 Å². The molecule has 0 aromatic heterocycles. The van der Waals surface area contributed by atoms with Gasteiger partial charge in [-0.25, -0.2) is 4.79 Å². The monoisotopic (exact) mass is 480 g/mol. The Bertz CT molecular complexity index is 1010. The quantitative estimate of drug-likeness (QED) is 0.447. The van der Waals surface area contributed by atoms with Crippen LogP contribution in [0.3, 0.4) is 0 Å². The van der Waals surface area contributed by atoms with Gasteiger partial charge in [-0.05, 0) is 35.1 Å². The molecule has 35 heavy (non-hydrogen) atoms. The topological polar surface area (TPSA) is 114 Å². The number of amides is 2. The van der Waals surface area contributed by atoms with E-state index in [0.717, 1.165) is 30.4 Å². The van der Waals surface area contributed by atoms with Gasteiger partial charge in [-0.15, -0.1) is 0 Å². The van der Waals surface area contributed by atoms with Gasteiger partial charge in [-0.3, -0.25) is 9.59 Å². The first-order chi connectivity index (χ1) is 17.0. The van der Waals surface area contributed by atoms with Crippen LogP contribution in [0.1, 0.15) is 49.1 Å². The van der Waals surface area contributed by atoms with Crippen LogP contribution in [0.15, 0.2) is 48.5 Å². The number of ether oxygens (including phenoxy) is 2. The standard InChI is InChI=1S/C27H32N2O6/c30-25(31)13-15-34-16-14-28-26(32)22-11-5-6-12-24(22)29-27(33)35-17-23-20-9-3-1-7-18(20)19-8-2-4-10-21(19)23/h1-4,7-10,22-24H,5-6,11-17H2,(H,28,32)(H,29,33)(H,30,31). The Labute approximate surface area is 205 Å². The Balaban J connectivity index is 1.28. The third kappa shape index (κ3) is 6.19. The molecule has 1 saturated carbocycles. The smallest absolute Gasteiger partial charge is 0.407 e. The predicted molar refractivity (Wildman–Crippen MR) is 130 cm³/mol. The molecule has 2 aromatic rings. The molecule has 0 heterocycles. The van der Waals surface area contributed by atoms with Gasteiger partial charge in [0, 0.05) is 18.5 Å². The van der Waals surface area contributed by atoms with Crippen LogP contribution < -0.4 is 10.6 Å². The third-order valence-electron chi connectivity index (χ3n) is 6.76. The summed E-state index contributed by atoms with van der Waals surface area (Å²) in [6.07, 6.45) is 2.71. The molecule has 0 saturated heterocycles. The van der Waals surface area contributed by atoms with Gasteiger partial charge in [0.1, 0.15) is 6.61 Å². The van der Waals surface area contributed by atoms with Crippen LogP contribution in [0.4, 0.5) is 4.79 Å². The number of carbonyl (C=O) groups excluding carboxylic acids is 2. The van der Waals surface area contributed by atoms with Crippen molar-refractivity contribution in [2.75, 3.05) is 26.4 Å². The van der Waals surface area contributed by atoms with Gasteiger partial charge in [-0.1, -0.05) is 61.4 Å². The van der Waals surface area contributed by atoms with Crippen LogP contribution in [0, 0.1) is 5.92 Å². The first-order valence-electron chi connectivity index (χ1n) is 12.2. The number of carbonyl (C=O) groups is 3. The van der Waals surface area contributed by atoms with Gasteiger partial charge in [0.05, 0.1) is 25.6 Å². The molecule has 1 fully saturated rings. The van der Waals surface area contributed by atoms with E-state index < -0.39 is 12.1 Å². The summed E-state index contributed by atoms with van der Waals surface area (Å²) in [4.78, 5) is 35.9. The first-order valence-corrected chi connectivity index (χ1v) is 12.2. The van der Waals surface area contributed by atoms with Gasteiger partial charge >= 0.3 is 12.1 Å². The molecule has 0 aliphatic heterocycles. The molecule has 0 bridgehead atoms. The fourth-order valence-electron chi connectivity index (χ4n) is 5.05. The van der Waals surface area contributed by atoms with Gasteiger partial charge in [0.25, 0.3) is 0 Å². The number of hydrogen-bond donors (Lipinski definition) is 3. The highest BCUT2D eigenvalue weighted by molar-refractivity contribution is 5.81. The molecule has 186 valence electrons.